The summed E-state index contributed by atoms with van der Waals surface area (Å²) in [7, 11) is 0. The Morgan fingerprint density at radius 1 is 1.16 bits per heavy atom. The lowest BCUT2D eigenvalue weighted by atomic mass is 9.89. The average Bonchev–Trinajstić information content (AvgIpc) is 2.68. The molecule has 0 fully saturated rings. The molecule has 0 radical (unpaired) electrons. The number of benzene rings is 2. The molecule has 1 amide bonds. The molecule has 0 aromatic heterocycles. The van der Waals surface area contributed by atoms with E-state index < -0.39 is 24.2 Å². The largest absolute Gasteiger partial charge is 0.472 e. The van der Waals surface area contributed by atoms with Crippen molar-refractivity contribution >= 4 is 29.2 Å². The van der Waals surface area contributed by atoms with Crippen LogP contribution in [0.5, 0.6) is 5.75 Å². The Morgan fingerprint density at radius 2 is 1.84 bits per heavy atom. The van der Waals surface area contributed by atoms with Gasteiger partial charge in [-0.3, -0.25) is 10.5 Å². The van der Waals surface area contributed by atoms with Crippen LogP contribution >= 0.6 is 11.6 Å². The van der Waals surface area contributed by atoms with Gasteiger partial charge in [0.2, 0.25) is 0 Å². The molecule has 2 atom stereocenters. The minimum Gasteiger partial charge on any atom is -0.472 e. The Kier molecular flexibility index (Phi) is 8.44. The maximum atomic E-state index is 12.5. The first kappa shape index (κ1) is 24.7. The van der Waals surface area contributed by atoms with Crippen LogP contribution in [0.3, 0.4) is 0 Å². The SMILES string of the molecule is CCOC(=O)c1cc(NC(=O)c2ccccc2Cl)ccc1OC(N)C(O)CC(C)(C)C. The highest BCUT2D eigenvalue weighted by Gasteiger charge is 2.25. The summed E-state index contributed by atoms with van der Waals surface area (Å²) in [6, 6.07) is 11.1. The van der Waals surface area contributed by atoms with Crippen molar-refractivity contribution in [1.29, 1.82) is 0 Å². The van der Waals surface area contributed by atoms with E-state index in [0.29, 0.717) is 22.7 Å². The number of aliphatic hydroxyl groups is 1. The van der Waals surface area contributed by atoms with Gasteiger partial charge in [0.05, 0.1) is 17.2 Å². The number of hydrogen-bond acceptors (Lipinski definition) is 6. The Hall–Kier alpha value is -2.61. The number of amides is 1. The van der Waals surface area contributed by atoms with Crippen molar-refractivity contribution in [3.63, 3.8) is 0 Å². The Balaban J connectivity index is 2.26. The number of esters is 1. The summed E-state index contributed by atoms with van der Waals surface area (Å²) in [4.78, 5) is 25.0. The molecule has 0 saturated heterocycles. The molecule has 0 aliphatic heterocycles. The molecule has 8 heteroatoms. The van der Waals surface area contributed by atoms with E-state index in [1.807, 2.05) is 20.8 Å². The molecule has 0 spiro atoms. The van der Waals surface area contributed by atoms with E-state index in [4.69, 9.17) is 26.8 Å². The number of carbonyl (C=O) groups excluding carboxylic acids is 2. The highest BCUT2D eigenvalue weighted by molar-refractivity contribution is 6.34. The fourth-order valence-electron chi connectivity index (χ4n) is 2.89. The lowest BCUT2D eigenvalue weighted by Gasteiger charge is -2.27. The van der Waals surface area contributed by atoms with Crippen molar-refractivity contribution in [2.24, 2.45) is 11.1 Å². The first-order chi connectivity index (χ1) is 14.5. The van der Waals surface area contributed by atoms with E-state index in [-0.39, 0.29) is 23.3 Å². The van der Waals surface area contributed by atoms with Crippen molar-refractivity contribution in [2.75, 3.05) is 11.9 Å². The normalized spacial score (nSPS) is 13.3. The van der Waals surface area contributed by atoms with Crippen LogP contribution in [-0.2, 0) is 4.74 Å². The van der Waals surface area contributed by atoms with Crippen LogP contribution in [0.25, 0.3) is 0 Å². The molecule has 2 unspecified atom stereocenters. The van der Waals surface area contributed by atoms with Gasteiger partial charge in [-0.2, -0.15) is 0 Å². The van der Waals surface area contributed by atoms with Gasteiger partial charge in [0, 0.05) is 5.69 Å². The first-order valence-electron chi connectivity index (χ1n) is 9.99. The van der Waals surface area contributed by atoms with Gasteiger partial charge >= 0.3 is 5.97 Å². The molecule has 4 N–H and O–H groups in total. The van der Waals surface area contributed by atoms with Crippen LogP contribution in [0.1, 0.15) is 54.8 Å². The lowest BCUT2D eigenvalue weighted by molar-refractivity contribution is 0.0128. The van der Waals surface area contributed by atoms with E-state index >= 15 is 0 Å². The van der Waals surface area contributed by atoms with E-state index in [0.717, 1.165) is 0 Å². The van der Waals surface area contributed by atoms with E-state index in [1.165, 1.54) is 12.1 Å². The highest BCUT2D eigenvalue weighted by Crippen LogP contribution is 2.28. The summed E-state index contributed by atoms with van der Waals surface area (Å²) < 4.78 is 10.8. The molecule has 7 nitrogen and oxygen atoms in total. The third-order valence-electron chi connectivity index (χ3n) is 4.32. The number of nitrogens with two attached hydrogens (primary N) is 1. The van der Waals surface area contributed by atoms with Gasteiger partial charge in [0.15, 0.2) is 6.23 Å². The Bertz CT molecular complexity index is 926. The fraction of sp³-hybridized carbons (Fsp3) is 0.391. The number of aliphatic hydroxyl groups excluding tert-OH is 1. The summed E-state index contributed by atoms with van der Waals surface area (Å²) in [6.45, 7) is 7.77. The third kappa shape index (κ3) is 7.24. The van der Waals surface area contributed by atoms with E-state index in [1.54, 1.807) is 37.3 Å². The molecule has 0 bridgehead atoms. The number of carbonyl (C=O) groups is 2. The molecule has 2 aromatic carbocycles. The van der Waals surface area contributed by atoms with Crippen LogP contribution in [0.15, 0.2) is 42.5 Å². The van der Waals surface area contributed by atoms with Crippen LogP contribution in [0, 0.1) is 5.41 Å². The second-order valence-electron chi connectivity index (χ2n) is 8.28. The summed E-state index contributed by atoms with van der Waals surface area (Å²) in [5.74, 6) is -0.912. The van der Waals surface area contributed by atoms with Crippen LogP contribution in [-0.4, -0.2) is 35.9 Å². The summed E-state index contributed by atoms with van der Waals surface area (Å²) in [6.07, 6.45) is -1.57. The molecule has 2 rings (SSSR count). The zero-order valence-corrected chi connectivity index (χ0v) is 18.9. The van der Waals surface area contributed by atoms with Crippen molar-refractivity contribution in [3.8, 4) is 5.75 Å². The van der Waals surface area contributed by atoms with Gasteiger partial charge in [-0.05, 0) is 49.1 Å². The predicted molar refractivity (Wildman–Crippen MR) is 120 cm³/mol. The van der Waals surface area contributed by atoms with Gasteiger partial charge in [-0.15, -0.1) is 0 Å². The zero-order valence-electron chi connectivity index (χ0n) is 18.1. The number of anilines is 1. The monoisotopic (exact) mass is 448 g/mol. The van der Waals surface area contributed by atoms with Gasteiger partial charge in [0.1, 0.15) is 17.4 Å². The topological polar surface area (TPSA) is 111 Å². The van der Waals surface area contributed by atoms with Gasteiger partial charge in [-0.1, -0.05) is 44.5 Å². The number of nitrogens with one attached hydrogen (secondary N) is 1. The minimum absolute atomic E-state index is 0.0808. The van der Waals surface area contributed by atoms with Gasteiger partial charge in [-0.25, -0.2) is 4.79 Å². The van der Waals surface area contributed by atoms with E-state index in [2.05, 4.69) is 5.32 Å². The molecular weight excluding hydrogens is 420 g/mol. The maximum Gasteiger partial charge on any atom is 0.341 e. The Morgan fingerprint density at radius 3 is 2.45 bits per heavy atom. The van der Waals surface area contributed by atoms with Crippen LogP contribution in [0.4, 0.5) is 5.69 Å². The Labute approximate surface area is 187 Å². The zero-order chi connectivity index (χ0) is 23.2. The molecule has 0 saturated carbocycles. The van der Waals surface area contributed by atoms with Gasteiger partial charge < -0.3 is 19.9 Å². The molecule has 0 heterocycles. The van der Waals surface area contributed by atoms with Crippen molar-refractivity contribution < 1.29 is 24.2 Å². The van der Waals surface area contributed by atoms with Gasteiger partial charge in [0.25, 0.3) is 5.91 Å². The third-order valence-corrected chi connectivity index (χ3v) is 4.64. The van der Waals surface area contributed by atoms with Crippen LogP contribution < -0.4 is 15.8 Å². The molecular formula is C23H29ClN2O5. The molecule has 31 heavy (non-hydrogen) atoms. The molecule has 168 valence electrons. The summed E-state index contributed by atoms with van der Waals surface area (Å²) >= 11 is 6.07. The standard InChI is InChI=1S/C23H29ClN2O5/c1-5-30-22(29)16-12-14(26-21(28)15-8-6-7-9-17(15)24)10-11-19(16)31-20(25)18(27)13-23(2,3)4/h6-12,18,20,27H,5,13,25H2,1-4H3,(H,26,28). The first-order valence-corrected chi connectivity index (χ1v) is 10.4. The minimum atomic E-state index is -1.05. The smallest absolute Gasteiger partial charge is 0.341 e. The second kappa shape index (κ2) is 10.6. The average molecular weight is 449 g/mol. The van der Waals surface area contributed by atoms with Crippen molar-refractivity contribution in [2.45, 2.75) is 46.4 Å². The molecule has 0 aliphatic carbocycles. The molecule has 2 aromatic rings. The molecule has 0 aliphatic rings. The van der Waals surface area contributed by atoms with E-state index in [9.17, 15) is 14.7 Å². The maximum absolute atomic E-state index is 12.5. The van der Waals surface area contributed by atoms with Crippen molar-refractivity contribution in [3.05, 3.63) is 58.6 Å². The lowest BCUT2D eigenvalue weighted by Crippen LogP contribution is -2.42. The number of rotatable bonds is 8. The van der Waals surface area contributed by atoms with Crippen LogP contribution in [0.2, 0.25) is 5.02 Å². The predicted octanol–water partition coefficient (Wildman–Crippen LogP) is 4.23. The number of halogens is 1. The number of ether oxygens (including phenoxy) is 2. The summed E-state index contributed by atoms with van der Waals surface area (Å²) in [5, 5.41) is 13.4. The van der Waals surface area contributed by atoms with Crippen molar-refractivity contribution in [1.82, 2.24) is 0 Å². The summed E-state index contributed by atoms with van der Waals surface area (Å²) in [5.41, 5.74) is 6.58. The number of hydrogen-bond donors (Lipinski definition) is 3. The quantitative estimate of drug-likeness (QED) is 0.411. The highest BCUT2D eigenvalue weighted by atomic mass is 35.5. The second-order valence-corrected chi connectivity index (χ2v) is 8.69. The fourth-order valence-corrected chi connectivity index (χ4v) is 3.11.